The standard InChI is InChI=1S/C13H20N4/c1-16-8-5-12-11(9-16)15-13(17(12)2)10-3-6-14-7-4-10/h5,8,10,14H,3-4,6-7,9H2,1-2H3. The molecule has 2 aliphatic rings. The first-order valence-corrected chi connectivity index (χ1v) is 6.40. The molecule has 0 spiro atoms. The van der Waals surface area contributed by atoms with Gasteiger partial charge in [-0.1, -0.05) is 0 Å². The van der Waals surface area contributed by atoms with Crippen LogP contribution in [-0.2, 0) is 13.6 Å². The third-order valence-corrected chi connectivity index (χ3v) is 3.84. The molecule has 1 N–H and O–H groups in total. The van der Waals surface area contributed by atoms with Gasteiger partial charge in [0.2, 0.25) is 0 Å². The van der Waals surface area contributed by atoms with Crippen molar-refractivity contribution >= 4 is 6.08 Å². The number of piperidine rings is 1. The summed E-state index contributed by atoms with van der Waals surface area (Å²) in [5.41, 5.74) is 2.52. The van der Waals surface area contributed by atoms with Gasteiger partial charge in [0, 0.05) is 26.2 Å². The van der Waals surface area contributed by atoms with Gasteiger partial charge in [0.1, 0.15) is 5.82 Å². The second-order valence-electron chi connectivity index (χ2n) is 5.12. The summed E-state index contributed by atoms with van der Waals surface area (Å²) in [4.78, 5) is 7.05. The zero-order valence-corrected chi connectivity index (χ0v) is 10.6. The lowest BCUT2D eigenvalue weighted by Gasteiger charge is -2.22. The van der Waals surface area contributed by atoms with Crippen molar-refractivity contribution in [3.8, 4) is 0 Å². The molecule has 0 saturated carbocycles. The van der Waals surface area contributed by atoms with E-state index in [1.807, 2.05) is 0 Å². The Kier molecular flexibility index (Phi) is 2.67. The Morgan fingerprint density at radius 3 is 2.82 bits per heavy atom. The van der Waals surface area contributed by atoms with Crippen LogP contribution in [0, 0.1) is 0 Å². The highest BCUT2D eigenvalue weighted by molar-refractivity contribution is 5.51. The van der Waals surface area contributed by atoms with Crippen molar-refractivity contribution in [3.63, 3.8) is 0 Å². The molecule has 0 atom stereocenters. The van der Waals surface area contributed by atoms with E-state index in [0.29, 0.717) is 5.92 Å². The van der Waals surface area contributed by atoms with Crippen LogP contribution in [0.15, 0.2) is 6.20 Å². The van der Waals surface area contributed by atoms with Crippen molar-refractivity contribution in [1.29, 1.82) is 0 Å². The molecule has 1 saturated heterocycles. The average molecular weight is 232 g/mol. The smallest absolute Gasteiger partial charge is 0.112 e. The van der Waals surface area contributed by atoms with Gasteiger partial charge in [-0.15, -0.1) is 0 Å². The van der Waals surface area contributed by atoms with Crippen LogP contribution in [0.4, 0.5) is 0 Å². The molecule has 2 aliphatic heterocycles. The minimum atomic E-state index is 0.630. The summed E-state index contributed by atoms with van der Waals surface area (Å²) in [7, 11) is 4.25. The van der Waals surface area contributed by atoms with E-state index < -0.39 is 0 Å². The van der Waals surface area contributed by atoms with Crippen LogP contribution >= 0.6 is 0 Å². The molecule has 17 heavy (non-hydrogen) atoms. The number of nitrogens with one attached hydrogen (secondary N) is 1. The predicted octanol–water partition coefficient (Wildman–Crippen LogP) is 1.30. The summed E-state index contributed by atoms with van der Waals surface area (Å²) in [6, 6.07) is 0. The van der Waals surface area contributed by atoms with Gasteiger partial charge < -0.3 is 14.8 Å². The number of hydrogen-bond donors (Lipinski definition) is 1. The summed E-state index contributed by atoms with van der Waals surface area (Å²) in [6.45, 7) is 3.18. The molecule has 0 amide bonds. The molecule has 0 radical (unpaired) electrons. The first-order valence-electron chi connectivity index (χ1n) is 6.40. The molecule has 0 aromatic carbocycles. The molecule has 1 aromatic heterocycles. The van der Waals surface area contributed by atoms with E-state index in [9.17, 15) is 0 Å². The third kappa shape index (κ3) is 1.86. The van der Waals surface area contributed by atoms with Crippen LogP contribution < -0.4 is 5.32 Å². The molecular formula is C13H20N4. The molecule has 3 rings (SSSR count). The van der Waals surface area contributed by atoms with Gasteiger partial charge >= 0.3 is 0 Å². The van der Waals surface area contributed by atoms with Crippen molar-refractivity contribution in [1.82, 2.24) is 19.8 Å². The Morgan fingerprint density at radius 2 is 2.06 bits per heavy atom. The molecule has 0 bridgehead atoms. The molecule has 1 aromatic rings. The summed E-state index contributed by atoms with van der Waals surface area (Å²) >= 11 is 0. The van der Waals surface area contributed by atoms with Gasteiger partial charge in [0.25, 0.3) is 0 Å². The summed E-state index contributed by atoms with van der Waals surface area (Å²) in [5.74, 6) is 1.90. The van der Waals surface area contributed by atoms with Gasteiger partial charge in [-0.05, 0) is 32.0 Å². The fraction of sp³-hybridized carbons (Fsp3) is 0.615. The van der Waals surface area contributed by atoms with Crippen molar-refractivity contribution in [2.75, 3.05) is 20.1 Å². The van der Waals surface area contributed by atoms with Crippen LogP contribution in [0.5, 0.6) is 0 Å². The quantitative estimate of drug-likeness (QED) is 0.792. The lowest BCUT2D eigenvalue weighted by Crippen LogP contribution is -2.27. The van der Waals surface area contributed by atoms with Gasteiger partial charge in [0.15, 0.2) is 0 Å². The molecule has 0 unspecified atom stereocenters. The Balaban J connectivity index is 1.93. The minimum absolute atomic E-state index is 0.630. The van der Waals surface area contributed by atoms with E-state index in [1.54, 1.807) is 0 Å². The van der Waals surface area contributed by atoms with Gasteiger partial charge in [0.05, 0.1) is 17.9 Å². The average Bonchev–Trinajstić information content (AvgIpc) is 2.67. The first kappa shape index (κ1) is 10.8. The fourth-order valence-electron chi connectivity index (χ4n) is 2.84. The lowest BCUT2D eigenvalue weighted by molar-refractivity contribution is 0.432. The molecule has 92 valence electrons. The normalized spacial score (nSPS) is 20.7. The van der Waals surface area contributed by atoms with Crippen molar-refractivity contribution in [3.05, 3.63) is 23.4 Å². The summed E-state index contributed by atoms with van der Waals surface area (Å²) in [6.07, 6.45) is 6.74. The number of imidazole rings is 1. The summed E-state index contributed by atoms with van der Waals surface area (Å²) in [5, 5.41) is 3.41. The number of fused-ring (bicyclic) bond motifs is 1. The molecule has 4 nitrogen and oxygen atoms in total. The second-order valence-corrected chi connectivity index (χ2v) is 5.12. The van der Waals surface area contributed by atoms with Crippen LogP contribution in [0.3, 0.4) is 0 Å². The predicted molar refractivity (Wildman–Crippen MR) is 68.6 cm³/mol. The minimum Gasteiger partial charge on any atom is -0.374 e. The maximum atomic E-state index is 4.87. The number of aromatic nitrogens is 2. The number of rotatable bonds is 1. The SMILES string of the molecule is CN1C=Cc2c(nc(C3CCNCC3)n2C)C1. The Morgan fingerprint density at radius 1 is 1.29 bits per heavy atom. The van der Waals surface area contributed by atoms with Crippen LogP contribution in [0.25, 0.3) is 6.08 Å². The fourth-order valence-corrected chi connectivity index (χ4v) is 2.84. The highest BCUT2D eigenvalue weighted by Crippen LogP contribution is 2.28. The van der Waals surface area contributed by atoms with E-state index >= 15 is 0 Å². The number of nitrogens with zero attached hydrogens (tertiary/aromatic N) is 3. The monoisotopic (exact) mass is 232 g/mol. The lowest BCUT2D eigenvalue weighted by atomic mass is 9.97. The molecular weight excluding hydrogens is 212 g/mol. The van der Waals surface area contributed by atoms with E-state index in [4.69, 9.17) is 4.98 Å². The van der Waals surface area contributed by atoms with E-state index in [-0.39, 0.29) is 0 Å². The van der Waals surface area contributed by atoms with Gasteiger partial charge in [-0.3, -0.25) is 0 Å². The molecule has 4 heteroatoms. The van der Waals surface area contributed by atoms with Crippen molar-refractivity contribution < 1.29 is 0 Å². The maximum absolute atomic E-state index is 4.87. The van der Waals surface area contributed by atoms with Gasteiger partial charge in [-0.25, -0.2) is 4.98 Å². The van der Waals surface area contributed by atoms with Crippen LogP contribution in [0.2, 0.25) is 0 Å². The Bertz CT molecular complexity index is 441. The number of hydrogen-bond acceptors (Lipinski definition) is 3. The topological polar surface area (TPSA) is 33.1 Å². The molecule has 3 heterocycles. The zero-order valence-electron chi connectivity index (χ0n) is 10.6. The van der Waals surface area contributed by atoms with Crippen LogP contribution in [0.1, 0.15) is 36.0 Å². The van der Waals surface area contributed by atoms with E-state index in [1.165, 1.54) is 30.1 Å². The maximum Gasteiger partial charge on any atom is 0.112 e. The van der Waals surface area contributed by atoms with Gasteiger partial charge in [-0.2, -0.15) is 0 Å². The van der Waals surface area contributed by atoms with Crippen molar-refractivity contribution in [2.45, 2.75) is 25.3 Å². The Labute approximate surface area is 102 Å². The van der Waals surface area contributed by atoms with Crippen molar-refractivity contribution in [2.24, 2.45) is 7.05 Å². The summed E-state index contributed by atoms with van der Waals surface area (Å²) < 4.78 is 2.29. The first-order chi connectivity index (χ1) is 8.25. The zero-order chi connectivity index (χ0) is 11.8. The molecule has 1 fully saturated rings. The Hall–Kier alpha value is -1.29. The highest BCUT2D eigenvalue weighted by Gasteiger charge is 2.23. The third-order valence-electron chi connectivity index (χ3n) is 3.84. The molecule has 0 aliphatic carbocycles. The largest absolute Gasteiger partial charge is 0.374 e. The van der Waals surface area contributed by atoms with Crippen LogP contribution in [-0.4, -0.2) is 34.6 Å². The second kappa shape index (κ2) is 4.18. The van der Waals surface area contributed by atoms with E-state index in [2.05, 4.69) is 41.2 Å². The van der Waals surface area contributed by atoms with E-state index in [0.717, 1.165) is 19.6 Å². The highest BCUT2D eigenvalue weighted by atomic mass is 15.1.